The summed E-state index contributed by atoms with van der Waals surface area (Å²) in [6.07, 6.45) is 3.56. The molecular formula is C33H20N4OPt. The second-order valence-electron chi connectivity index (χ2n) is 8.78. The molecule has 0 amide bonds. The number of aromatic nitrogens is 3. The van der Waals surface area contributed by atoms with Crippen LogP contribution in [0.15, 0.2) is 126 Å². The normalized spacial score (nSPS) is 10.9. The number of fused-ring (bicyclic) bond motifs is 3. The molecule has 0 saturated carbocycles. The molecule has 0 aliphatic carbocycles. The second-order valence-corrected chi connectivity index (χ2v) is 8.78. The molecular weight excluding hydrogens is 663 g/mol. The van der Waals surface area contributed by atoms with Crippen LogP contribution in [0.3, 0.4) is 0 Å². The van der Waals surface area contributed by atoms with E-state index < -0.39 is 0 Å². The van der Waals surface area contributed by atoms with Gasteiger partial charge in [0.05, 0.1) is 5.58 Å². The third kappa shape index (κ3) is 4.62. The first-order valence-corrected chi connectivity index (χ1v) is 12.3. The Labute approximate surface area is 240 Å². The molecule has 0 saturated heterocycles. The monoisotopic (exact) mass is 683 g/mol. The first kappa shape index (κ1) is 24.7. The zero-order valence-corrected chi connectivity index (χ0v) is 22.8. The van der Waals surface area contributed by atoms with Gasteiger partial charge in [0.15, 0.2) is 0 Å². The fraction of sp³-hybridized carbons (Fsp3) is 0. The molecule has 6 heteroatoms. The maximum atomic E-state index is 6.23. The van der Waals surface area contributed by atoms with E-state index in [9.17, 15) is 0 Å². The van der Waals surface area contributed by atoms with Crippen molar-refractivity contribution in [2.75, 3.05) is 4.90 Å². The average Bonchev–Trinajstić information content (AvgIpc) is 3.38. The first-order valence-electron chi connectivity index (χ1n) is 12.3. The van der Waals surface area contributed by atoms with Crippen LogP contribution in [0.5, 0.6) is 0 Å². The van der Waals surface area contributed by atoms with E-state index in [0.717, 1.165) is 61.8 Å². The van der Waals surface area contributed by atoms with E-state index in [-0.39, 0.29) is 21.1 Å². The number of hydrogen-bond donors (Lipinski definition) is 0. The van der Waals surface area contributed by atoms with Crippen LogP contribution in [0, 0.1) is 12.1 Å². The van der Waals surface area contributed by atoms with Gasteiger partial charge in [-0.2, -0.15) is 0 Å². The van der Waals surface area contributed by atoms with Gasteiger partial charge in [-0.25, -0.2) is 0 Å². The molecule has 7 aromatic rings. The minimum absolute atomic E-state index is 0. The van der Waals surface area contributed by atoms with Crippen molar-refractivity contribution in [2.24, 2.45) is 0 Å². The topological polar surface area (TPSA) is 55.1 Å². The summed E-state index contributed by atoms with van der Waals surface area (Å²) < 4.78 is 6.23. The van der Waals surface area contributed by atoms with Crippen LogP contribution in [0.25, 0.3) is 44.5 Å². The summed E-state index contributed by atoms with van der Waals surface area (Å²) in [4.78, 5) is 16.4. The number of rotatable bonds is 5. The Balaban J connectivity index is 0.00000277. The number of anilines is 3. The van der Waals surface area contributed by atoms with Crippen molar-refractivity contribution >= 4 is 39.3 Å². The molecule has 0 aliphatic heterocycles. The molecule has 7 rings (SSSR count). The Bertz CT molecular complexity index is 1890. The van der Waals surface area contributed by atoms with Crippen molar-refractivity contribution in [3.8, 4) is 22.5 Å². The number of benzene rings is 3. The van der Waals surface area contributed by atoms with Gasteiger partial charge in [-0.05, 0) is 41.7 Å². The predicted molar refractivity (Wildman–Crippen MR) is 150 cm³/mol. The summed E-state index contributed by atoms with van der Waals surface area (Å²) in [6.45, 7) is 0. The van der Waals surface area contributed by atoms with Gasteiger partial charge in [0.25, 0.3) is 0 Å². The predicted octanol–water partition coefficient (Wildman–Crippen LogP) is 8.17. The molecule has 0 N–H and O–H groups in total. The molecule has 0 atom stereocenters. The zero-order valence-electron chi connectivity index (χ0n) is 20.6. The van der Waals surface area contributed by atoms with Crippen molar-refractivity contribution in [3.63, 3.8) is 0 Å². The fourth-order valence-corrected chi connectivity index (χ4v) is 4.67. The summed E-state index contributed by atoms with van der Waals surface area (Å²) in [7, 11) is 0. The zero-order chi connectivity index (χ0) is 25.3. The van der Waals surface area contributed by atoms with E-state index in [0.29, 0.717) is 0 Å². The summed E-state index contributed by atoms with van der Waals surface area (Å²) >= 11 is 0. The van der Waals surface area contributed by atoms with E-state index in [2.05, 4.69) is 34.1 Å². The Kier molecular flexibility index (Phi) is 6.74. The van der Waals surface area contributed by atoms with E-state index in [1.807, 2.05) is 103 Å². The average molecular weight is 684 g/mol. The van der Waals surface area contributed by atoms with E-state index in [1.54, 1.807) is 6.20 Å². The summed E-state index contributed by atoms with van der Waals surface area (Å²) in [5.41, 5.74) is 5.82. The minimum Gasteiger partial charge on any atom is -0.500 e. The molecule has 4 aromatic heterocycles. The molecule has 0 unspecified atom stereocenters. The molecule has 39 heavy (non-hydrogen) atoms. The molecule has 5 nitrogen and oxygen atoms in total. The van der Waals surface area contributed by atoms with Crippen molar-refractivity contribution < 1.29 is 25.5 Å². The molecule has 3 aromatic carbocycles. The molecule has 0 fully saturated rings. The summed E-state index contributed by atoms with van der Waals surface area (Å²) in [5, 5.41) is 1.96. The van der Waals surface area contributed by atoms with E-state index >= 15 is 0 Å². The Morgan fingerprint density at radius 1 is 0.641 bits per heavy atom. The maximum absolute atomic E-state index is 6.23. The number of furan rings is 1. The third-order valence-corrected chi connectivity index (χ3v) is 6.42. The Morgan fingerprint density at radius 3 is 2.21 bits per heavy atom. The minimum atomic E-state index is 0. The van der Waals surface area contributed by atoms with Crippen LogP contribution in [0.2, 0.25) is 0 Å². The molecule has 4 heterocycles. The van der Waals surface area contributed by atoms with Crippen molar-refractivity contribution in [1.29, 1.82) is 0 Å². The van der Waals surface area contributed by atoms with Gasteiger partial charge in [-0.3, -0.25) is 19.9 Å². The third-order valence-electron chi connectivity index (χ3n) is 6.42. The maximum Gasteiger partial charge on any atom is 2.00 e. The molecule has 0 radical (unpaired) electrons. The van der Waals surface area contributed by atoms with Crippen LogP contribution in [-0.2, 0) is 21.1 Å². The quantitative estimate of drug-likeness (QED) is 0.172. The summed E-state index contributed by atoms with van der Waals surface area (Å²) in [5.74, 6) is 1.49. The molecule has 188 valence electrons. The smallest absolute Gasteiger partial charge is 0.500 e. The van der Waals surface area contributed by atoms with Crippen LogP contribution in [0.4, 0.5) is 17.3 Å². The van der Waals surface area contributed by atoms with Gasteiger partial charge in [0, 0.05) is 23.5 Å². The number of nitrogens with zero attached hydrogens (tertiary/aromatic N) is 4. The standard InChI is InChI=1S/C33H20N4O.Pt/c1-3-10-23(11-4-1)28-16-8-18-31(35-28)37(24-12-5-2-6-13-24)32-19-9-17-29(36-32)26-15-7-14-25-27-22-34-21-20-30(27)38-33(25)26;/h1-10,12-14,16-22H;/q-2;+2. The SMILES string of the molecule is [Pt+2].[c-]1ccccc1-c1cccc(N(c2ccccc2)c2cccc(-c3[c-]ccc4c3oc3ccncc34)n2)n1. The van der Waals surface area contributed by atoms with Crippen LogP contribution in [0.1, 0.15) is 0 Å². The second kappa shape index (κ2) is 10.6. The Morgan fingerprint density at radius 2 is 1.41 bits per heavy atom. The van der Waals surface area contributed by atoms with Gasteiger partial charge in [-0.15, -0.1) is 54.1 Å². The number of hydrogen-bond acceptors (Lipinski definition) is 5. The van der Waals surface area contributed by atoms with Gasteiger partial charge in [0.2, 0.25) is 0 Å². The molecule has 0 bridgehead atoms. The largest absolute Gasteiger partial charge is 2.00 e. The fourth-order valence-electron chi connectivity index (χ4n) is 4.67. The van der Waals surface area contributed by atoms with Gasteiger partial charge in [0.1, 0.15) is 17.2 Å². The van der Waals surface area contributed by atoms with Gasteiger partial charge < -0.3 is 4.42 Å². The van der Waals surface area contributed by atoms with Crippen molar-refractivity contribution in [1.82, 2.24) is 15.0 Å². The van der Waals surface area contributed by atoms with Crippen LogP contribution in [-0.4, -0.2) is 15.0 Å². The van der Waals surface area contributed by atoms with Crippen molar-refractivity contribution in [2.45, 2.75) is 0 Å². The van der Waals surface area contributed by atoms with Crippen LogP contribution >= 0.6 is 0 Å². The van der Waals surface area contributed by atoms with Crippen molar-refractivity contribution in [3.05, 3.63) is 134 Å². The van der Waals surface area contributed by atoms with Gasteiger partial charge in [-0.1, -0.05) is 53.4 Å². The van der Waals surface area contributed by atoms with E-state index in [1.165, 1.54) is 0 Å². The number of para-hydroxylation sites is 1. The molecule has 0 aliphatic rings. The first-order chi connectivity index (χ1) is 18.8. The Hall–Kier alpha value is -4.60. The molecule has 0 spiro atoms. The van der Waals surface area contributed by atoms with Gasteiger partial charge >= 0.3 is 21.1 Å². The number of pyridine rings is 3. The summed E-state index contributed by atoms with van der Waals surface area (Å²) in [6, 6.07) is 42.4. The van der Waals surface area contributed by atoms with Crippen LogP contribution < -0.4 is 4.90 Å². The van der Waals surface area contributed by atoms with E-state index in [4.69, 9.17) is 14.4 Å².